The third-order valence-electron chi connectivity index (χ3n) is 2.41. The Hall–Kier alpha value is -2.04. The molecule has 2 aromatic rings. The Balaban J connectivity index is -0.000000141. The minimum atomic E-state index is 0. The van der Waals surface area contributed by atoms with Crippen molar-refractivity contribution >= 4 is 48.0 Å². The first-order valence-corrected chi connectivity index (χ1v) is 8.86. The van der Waals surface area contributed by atoms with Crippen molar-refractivity contribution in [1.82, 2.24) is 0 Å². The standard InChI is InChI=1S/C8H9NO.C7H7NO.2C2H6.CH3Cl.ClH/c1-9-8-4-2-7(6-10)3-5-8;8-7-3-1-6(5-9)2-4-7;3*1-2;/h2-6,9H,1H3;1-5H,8H2;2*1-2H3;1H3;1H. The third-order valence-corrected chi connectivity index (χ3v) is 2.41. The largest absolute Gasteiger partial charge is 0.399 e. The topological polar surface area (TPSA) is 72.2 Å². The SMILES string of the molecule is CC.CC.CCl.CNc1ccc(C=O)cc1.Cl.Nc1ccc(C=O)cc1. The van der Waals surface area contributed by atoms with Gasteiger partial charge in [0.1, 0.15) is 12.6 Å². The van der Waals surface area contributed by atoms with Gasteiger partial charge >= 0.3 is 0 Å². The van der Waals surface area contributed by atoms with Crippen LogP contribution >= 0.6 is 24.0 Å². The summed E-state index contributed by atoms with van der Waals surface area (Å²) in [6, 6.07) is 14.0. The molecule has 6 heteroatoms. The summed E-state index contributed by atoms with van der Waals surface area (Å²) in [7, 11) is 1.84. The van der Waals surface area contributed by atoms with E-state index in [2.05, 4.69) is 16.9 Å². The normalized spacial score (nSPS) is 7.19. The van der Waals surface area contributed by atoms with Gasteiger partial charge in [-0.05, 0) is 48.5 Å². The van der Waals surface area contributed by atoms with Crippen LogP contribution in [0.25, 0.3) is 0 Å². The molecule has 2 aromatic carbocycles. The summed E-state index contributed by atoms with van der Waals surface area (Å²) in [6.07, 6.45) is 3.10. The molecule has 0 aliphatic rings. The molecule has 0 saturated carbocycles. The van der Waals surface area contributed by atoms with Crippen LogP contribution in [0.2, 0.25) is 0 Å². The minimum Gasteiger partial charge on any atom is -0.399 e. The number of carbonyl (C=O) groups is 2. The number of aldehydes is 2. The van der Waals surface area contributed by atoms with Crippen LogP contribution in [-0.2, 0) is 0 Å². The second kappa shape index (κ2) is 25.2. The third kappa shape index (κ3) is 16.8. The molecule has 0 atom stereocenters. The molecule has 0 aliphatic heterocycles. The molecule has 0 bridgehead atoms. The van der Waals surface area contributed by atoms with Crippen molar-refractivity contribution in [2.75, 3.05) is 24.5 Å². The number of alkyl halides is 1. The van der Waals surface area contributed by atoms with Crippen LogP contribution in [0, 0.1) is 0 Å². The summed E-state index contributed by atoms with van der Waals surface area (Å²) in [6.45, 7) is 8.00. The van der Waals surface area contributed by atoms with Gasteiger partial charge in [-0.25, -0.2) is 0 Å². The van der Waals surface area contributed by atoms with Gasteiger partial charge in [0.2, 0.25) is 0 Å². The predicted octanol–water partition coefficient (Wildman–Crippen LogP) is 5.95. The zero-order chi connectivity index (χ0) is 20.1. The summed E-state index contributed by atoms with van der Waals surface area (Å²) >= 11 is 4.64. The lowest BCUT2D eigenvalue weighted by Gasteiger charge is -1.97. The van der Waals surface area contributed by atoms with E-state index in [1.165, 1.54) is 6.38 Å². The fraction of sp³-hybridized carbons (Fsp3) is 0.300. The van der Waals surface area contributed by atoms with Crippen LogP contribution < -0.4 is 11.1 Å². The van der Waals surface area contributed by atoms with Gasteiger partial charge in [-0.15, -0.1) is 24.0 Å². The molecule has 4 nitrogen and oxygen atoms in total. The highest BCUT2D eigenvalue weighted by molar-refractivity contribution is 6.15. The van der Waals surface area contributed by atoms with Crippen LogP contribution in [0.1, 0.15) is 48.4 Å². The second-order valence-corrected chi connectivity index (χ2v) is 3.77. The van der Waals surface area contributed by atoms with Gasteiger partial charge in [0.25, 0.3) is 0 Å². The molecule has 0 aliphatic carbocycles. The van der Waals surface area contributed by atoms with Crippen LogP contribution in [0.5, 0.6) is 0 Å². The lowest BCUT2D eigenvalue weighted by atomic mass is 10.2. The van der Waals surface area contributed by atoms with Gasteiger partial charge in [0.15, 0.2) is 0 Å². The number of rotatable bonds is 3. The lowest BCUT2D eigenvalue weighted by molar-refractivity contribution is 0.111. The Morgan fingerprint density at radius 2 is 1.08 bits per heavy atom. The van der Waals surface area contributed by atoms with Crippen molar-refractivity contribution in [3.8, 4) is 0 Å². The van der Waals surface area contributed by atoms with Crippen LogP contribution in [0.4, 0.5) is 11.4 Å². The van der Waals surface area contributed by atoms with E-state index < -0.39 is 0 Å². The summed E-state index contributed by atoms with van der Waals surface area (Å²) in [5, 5.41) is 2.96. The molecule has 3 N–H and O–H groups in total. The quantitative estimate of drug-likeness (QED) is 0.377. The molecule has 148 valence electrons. The van der Waals surface area contributed by atoms with Crippen molar-refractivity contribution in [3.05, 3.63) is 59.7 Å². The molecule has 0 fully saturated rings. The smallest absolute Gasteiger partial charge is 0.150 e. The van der Waals surface area contributed by atoms with E-state index in [0.29, 0.717) is 16.8 Å². The second-order valence-electron chi connectivity index (χ2n) is 3.77. The number of carbonyl (C=O) groups excluding carboxylic acids is 2. The maximum absolute atomic E-state index is 10.2. The maximum atomic E-state index is 10.2. The molecule has 0 heterocycles. The highest BCUT2D eigenvalue weighted by atomic mass is 35.5. The van der Waals surface area contributed by atoms with Gasteiger partial charge in [-0.1, -0.05) is 27.7 Å². The summed E-state index contributed by atoms with van der Waals surface area (Å²) in [5.74, 6) is 0. The monoisotopic (exact) mass is 402 g/mol. The number of hydrogen-bond acceptors (Lipinski definition) is 4. The number of nitrogen functional groups attached to an aromatic ring is 1. The van der Waals surface area contributed by atoms with Crippen molar-refractivity contribution in [2.45, 2.75) is 27.7 Å². The Morgan fingerprint density at radius 1 is 0.769 bits per heavy atom. The average molecular weight is 403 g/mol. The fourth-order valence-corrected chi connectivity index (χ4v) is 1.30. The Bertz CT molecular complexity index is 531. The van der Waals surface area contributed by atoms with Crippen molar-refractivity contribution < 1.29 is 9.59 Å². The van der Waals surface area contributed by atoms with E-state index in [4.69, 9.17) is 5.73 Å². The molecule has 0 spiro atoms. The molecule has 0 unspecified atom stereocenters. The summed E-state index contributed by atoms with van der Waals surface area (Å²) in [5.41, 5.74) is 8.43. The molecule has 2 rings (SSSR count). The van der Waals surface area contributed by atoms with Crippen LogP contribution in [-0.4, -0.2) is 26.0 Å². The van der Waals surface area contributed by atoms with Crippen molar-refractivity contribution in [3.63, 3.8) is 0 Å². The highest BCUT2D eigenvalue weighted by Crippen LogP contribution is 2.06. The molecular weight excluding hydrogens is 371 g/mol. The number of anilines is 2. The summed E-state index contributed by atoms with van der Waals surface area (Å²) in [4.78, 5) is 20.3. The number of benzene rings is 2. The highest BCUT2D eigenvalue weighted by Gasteiger charge is 1.88. The van der Waals surface area contributed by atoms with Crippen LogP contribution in [0.3, 0.4) is 0 Å². The first kappa shape index (κ1) is 31.7. The first-order chi connectivity index (χ1) is 12.2. The van der Waals surface area contributed by atoms with Crippen molar-refractivity contribution in [1.29, 1.82) is 0 Å². The fourth-order valence-electron chi connectivity index (χ4n) is 1.30. The maximum Gasteiger partial charge on any atom is 0.150 e. The number of hydrogen-bond donors (Lipinski definition) is 2. The summed E-state index contributed by atoms with van der Waals surface area (Å²) < 4.78 is 0. The van der Waals surface area contributed by atoms with Gasteiger partial charge in [0.05, 0.1) is 0 Å². The van der Waals surface area contributed by atoms with E-state index in [1.54, 1.807) is 36.4 Å². The Labute approximate surface area is 169 Å². The van der Waals surface area contributed by atoms with Gasteiger partial charge in [-0.2, -0.15) is 0 Å². The number of nitrogens with one attached hydrogen (secondary N) is 1. The van der Waals surface area contributed by atoms with Gasteiger partial charge in [-0.3, -0.25) is 9.59 Å². The van der Waals surface area contributed by atoms with E-state index in [-0.39, 0.29) is 12.4 Å². The van der Waals surface area contributed by atoms with Crippen LogP contribution in [0.15, 0.2) is 48.5 Å². The predicted molar refractivity (Wildman–Crippen MR) is 119 cm³/mol. The first-order valence-electron chi connectivity index (χ1n) is 8.11. The molecular formula is C20H32Cl2N2O2. The van der Waals surface area contributed by atoms with Gasteiger partial charge < -0.3 is 11.1 Å². The molecule has 0 radical (unpaired) electrons. The van der Waals surface area contributed by atoms with E-state index in [0.717, 1.165) is 18.3 Å². The average Bonchev–Trinajstić information content (AvgIpc) is 2.73. The zero-order valence-corrected chi connectivity index (χ0v) is 18.0. The number of halogens is 2. The Morgan fingerprint density at radius 3 is 1.35 bits per heavy atom. The van der Waals surface area contributed by atoms with E-state index >= 15 is 0 Å². The molecule has 0 saturated heterocycles. The molecule has 26 heavy (non-hydrogen) atoms. The zero-order valence-electron chi connectivity index (χ0n) is 16.5. The minimum absolute atomic E-state index is 0. The molecule has 0 amide bonds. The lowest BCUT2D eigenvalue weighted by Crippen LogP contribution is -1.87. The van der Waals surface area contributed by atoms with Crippen molar-refractivity contribution in [2.24, 2.45) is 0 Å². The van der Waals surface area contributed by atoms with E-state index in [9.17, 15) is 9.59 Å². The van der Waals surface area contributed by atoms with E-state index in [1.807, 2.05) is 46.9 Å². The Kier molecular flexibility index (Phi) is 30.7. The number of nitrogens with two attached hydrogens (primary N) is 1. The van der Waals surface area contributed by atoms with Gasteiger partial charge in [0, 0.05) is 35.9 Å². The molecule has 0 aromatic heterocycles.